The summed E-state index contributed by atoms with van der Waals surface area (Å²) < 4.78 is 43.5. The first-order chi connectivity index (χ1) is 13.4. The summed E-state index contributed by atoms with van der Waals surface area (Å²) in [6.07, 6.45) is -0.321. The van der Waals surface area contributed by atoms with Crippen LogP contribution < -0.4 is 10.1 Å². The molecule has 3 rings (SSSR count). The van der Waals surface area contributed by atoms with E-state index >= 15 is 0 Å². The summed E-state index contributed by atoms with van der Waals surface area (Å²) in [7, 11) is 0. The normalized spacial score (nSPS) is 11.2. The minimum atomic E-state index is -4.45. The van der Waals surface area contributed by atoms with Gasteiger partial charge in [0.15, 0.2) is 6.61 Å². The molecule has 0 saturated carbocycles. The molecule has 146 valence electrons. The Morgan fingerprint density at radius 3 is 2.54 bits per heavy atom. The van der Waals surface area contributed by atoms with E-state index in [1.807, 2.05) is 36.5 Å². The molecule has 1 aromatic heterocycles. The molecule has 3 aromatic rings. The number of para-hydroxylation sites is 3. The van der Waals surface area contributed by atoms with Gasteiger partial charge in [-0.1, -0.05) is 30.3 Å². The number of hydrogen-bond acceptors (Lipinski definition) is 3. The summed E-state index contributed by atoms with van der Waals surface area (Å²) in [5.74, 6) is -0.347. The van der Waals surface area contributed by atoms with Crippen LogP contribution in [0.1, 0.15) is 12.0 Å². The van der Waals surface area contributed by atoms with E-state index in [0.29, 0.717) is 6.42 Å². The number of rotatable bonds is 7. The molecule has 0 aliphatic heterocycles. The fourth-order valence-electron chi connectivity index (χ4n) is 2.54. The molecular formula is C20H18F3N3O2. The summed E-state index contributed by atoms with van der Waals surface area (Å²) in [5, 5.41) is 6.87. The van der Waals surface area contributed by atoms with Gasteiger partial charge in [0.25, 0.3) is 0 Å². The molecule has 0 radical (unpaired) electrons. The quantitative estimate of drug-likeness (QED) is 0.652. The van der Waals surface area contributed by atoms with E-state index in [1.54, 1.807) is 23.0 Å². The van der Waals surface area contributed by atoms with Crippen LogP contribution in [0.2, 0.25) is 0 Å². The van der Waals surface area contributed by atoms with Gasteiger partial charge in [0.1, 0.15) is 5.75 Å². The van der Waals surface area contributed by atoms with Crippen molar-refractivity contribution in [3.05, 3.63) is 72.6 Å². The summed E-state index contributed by atoms with van der Waals surface area (Å²) in [4.78, 5) is 12.2. The van der Waals surface area contributed by atoms with Crippen molar-refractivity contribution in [2.75, 3.05) is 11.9 Å². The van der Waals surface area contributed by atoms with E-state index in [1.165, 1.54) is 12.1 Å². The van der Waals surface area contributed by atoms with Crippen molar-refractivity contribution in [3.8, 4) is 11.4 Å². The van der Waals surface area contributed by atoms with Crippen LogP contribution in [-0.4, -0.2) is 28.5 Å². The third-order valence-electron chi connectivity index (χ3n) is 3.85. The second kappa shape index (κ2) is 8.60. The smallest absolute Gasteiger partial charge is 0.422 e. The third-order valence-corrected chi connectivity index (χ3v) is 3.85. The Morgan fingerprint density at radius 2 is 1.79 bits per heavy atom. The van der Waals surface area contributed by atoms with Crippen LogP contribution in [0.4, 0.5) is 18.9 Å². The van der Waals surface area contributed by atoms with Gasteiger partial charge < -0.3 is 10.1 Å². The molecule has 1 amide bonds. The van der Waals surface area contributed by atoms with Crippen molar-refractivity contribution in [2.24, 2.45) is 0 Å². The lowest BCUT2D eigenvalue weighted by atomic mass is 10.2. The number of ether oxygens (including phenoxy) is 1. The summed E-state index contributed by atoms with van der Waals surface area (Å²) in [5.41, 5.74) is 1.99. The third kappa shape index (κ3) is 5.60. The predicted octanol–water partition coefficient (Wildman–Crippen LogP) is 4.38. The van der Waals surface area contributed by atoms with Crippen molar-refractivity contribution in [1.82, 2.24) is 9.78 Å². The Kier molecular flexibility index (Phi) is 5.98. The summed E-state index contributed by atoms with van der Waals surface area (Å²) in [6, 6.07) is 15.6. The largest absolute Gasteiger partial charge is 0.482 e. The molecule has 0 aliphatic rings. The van der Waals surface area contributed by atoms with Gasteiger partial charge in [0.05, 0.1) is 17.6 Å². The fraction of sp³-hybridized carbons (Fsp3) is 0.200. The minimum Gasteiger partial charge on any atom is -0.482 e. The van der Waals surface area contributed by atoms with E-state index in [2.05, 4.69) is 10.4 Å². The van der Waals surface area contributed by atoms with Crippen LogP contribution in [0.15, 0.2) is 67.0 Å². The van der Waals surface area contributed by atoms with Crippen LogP contribution in [0, 0.1) is 0 Å². The van der Waals surface area contributed by atoms with Gasteiger partial charge in [-0.25, -0.2) is 4.68 Å². The zero-order valence-corrected chi connectivity index (χ0v) is 14.8. The van der Waals surface area contributed by atoms with Gasteiger partial charge in [-0.15, -0.1) is 0 Å². The molecule has 0 fully saturated rings. The van der Waals surface area contributed by atoms with Crippen molar-refractivity contribution >= 4 is 11.6 Å². The van der Waals surface area contributed by atoms with E-state index in [9.17, 15) is 18.0 Å². The lowest BCUT2D eigenvalue weighted by molar-refractivity contribution is -0.153. The zero-order chi connectivity index (χ0) is 20.0. The number of alkyl halides is 3. The molecular weight excluding hydrogens is 371 g/mol. The highest BCUT2D eigenvalue weighted by atomic mass is 19.4. The molecule has 0 saturated heterocycles. The Hall–Kier alpha value is -3.29. The Balaban J connectivity index is 1.56. The van der Waals surface area contributed by atoms with Crippen molar-refractivity contribution in [3.63, 3.8) is 0 Å². The highest BCUT2D eigenvalue weighted by Gasteiger charge is 2.28. The number of nitrogens with one attached hydrogen (secondary N) is 1. The number of carbonyl (C=O) groups excluding carboxylic acids is 1. The lowest BCUT2D eigenvalue weighted by Crippen LogP contribution is -2.20. The number of amides is 1. The number of benzene rings is 2. The first-order valence-corrected chi connectivity index (χ1v) is 8.58. The lowest BCUT2D eigenvalue weighted by Gasteiger charge is -2.13. The number of carbonyl (C=O) groups is 1. The Bertz CT molecular complexity index is 924. The van der Waals surface area contributed by atoms with Crippen LogP contribution in [0.5, 0.6) is 5.75 Å². The second-order valence-corrected chi connectivity index (χ2v) is 6.08. The highest BCUT2D eigenvalue weighted by molar-refractivity contribution is 5.92. The average molecular weight is 389 g/mol. The summed E-state index contributed by atoms with van der Waals surface area (Å²) in [6.45, 7) is -1.42. The topological polar surface area (TPSA) is 56.2 Å². The molecule has 0 unspecified atom stereocenters. The number of hydrogen-bond donors (Lipinski definition) is 1. The molecule has 28 heavy (non-hydrogen) atoms. The maximum atomic E-state index is 12.3. The van der Waals surface area contributed by atoms with Crippen molar-refractivity contribution < 1.29 is 22.7 Å². The number of aromatic nitrogens is 2. The number of anilines is 1. The molecule has 5 nitrogen and oxygen atoms in total. The van der Waals surface area contributed by atoms with Gasteiger partial charge in [0.2, 0.25) is 5.91 Å². The Morgan fingerprint density at radius 1 is 1.07 bits per heavy atom. The predicted molar refractivity (Wildman–Crippen MR) is 98.5 cm³/mol. The molecule has 0 bridgehead atoms. The molecule has 8 heteroatoms. The first-order valence-electron chi connectivity index (χ1n) is 8.58. The van der Waals surface area contributed by atoms with Crippen molar-refractivity contribution in [1.29, 1.82) is 0 Å². The van der Waals surface area contributed by atoms with Crippen LogP contribution >= 0.6 is 0 Å². The second-order valence-electron chi connectivity index (χ2n) is 6.08. The van der Waals surface area contributed by atoms with Crippen LogP contribution in [0.25, 0.3) is 5.69 Å². The van der Waals surface area contributed by atoms with Gasteiger partial charge in [-0.3, -0.25) is 4.79 Å². The standard InChI is InChI=1S/C20H18F3N3O2/c21-20(22,23)14-28-18-9-5-4-8-17(18)25-19(27)11-10-15-12-24-26(13-15)16-6-2-1-3-7-16/h1-9,12-13H,10-11,14H2,(H,25,27). The van der Waals surface area contributed by atoms with Gasteiger partial charge >= 0.3 is 6.18 Å². The molecule has 0 aliphatic carbocycles. The number of nitrogens with zero attached hydrogens (tertiary/aromatic N) is 2. The molecule has 1 heterocycles. The molecule has 0 spiro atoms. The van der Waals surface area contributed by atoms with Crippen molar-refractivity contribution in [2.45, 2.75) is 19.0 Å². The fourth-order valence-corrected chi connectivity index (χ4v) is 2.54. The van der Waals surface area contributed by atoms with Crippen LogP contribution in [-0.2, 0) is 11.2 Å². The SMILES string of the molecule is O=C(CCc1cnn(-c2ccccc2)c1)Nc1ccccc1OCC(F)(F)F. The van der Waals surface area contributed by atoms with E-state index in [4.69, 9.17) is 4.74 Å². The minimum absolute atomic E-state index is 0.0231. The van der Waals surface area contributed by atoms with E-state index in [-0.39, 0.29) is 23.8 Å². The maximum Gasteiger partial charge on any atom is 0.422 e. The van der Waals surface area contributed by atoms with Crippen LogP contribution in [0.3, 0.4) is 0 Å². The zero-order valence-electron chi connectivity index (χ0n) is 14.8. The number of aryl methyl sites for hydroxylation is 1. The Labute approximate surface area is 159 Å². The van der Waals surface area contributed by atoms with E-state index in [0.717, 1.165) is 11.3 Å². The molecule has 0 atom stereocenters. The first kappa shape index (κ1) is 19.5. The number of halogens is 3. The van der Waals surface area contributed by atoms with Gasteiger partial charge in [-0.2, -0.15) is 18.3 Å². The average Bonchev–Trinajstić information content (AvgIpc) is 3.15. The monoisotopic (exact) mass is 389 g/mol. The molecule has 2 aromatic carbocycles. The van der Waals surface area contributed by atoms with Gasteiger partial charge in [0, 0.05) is 12.6 Å². The summed E-state index contributed by atoms with van der Waals surface area (Å²) >= 11 is 0. The van der Waals surface area contributed by atoms with E-state index < -0.39 is 12.8 Å². The molecule has 1 N–H and O–H groups in total. The van der Waals surface area contributed by atoms with Gasteiger partial charge in [-0.05, 0) is 36.2 Å². The highest BCUT2D eigenvalue weighted by Crippen LogP contribution is 2.26. The maximum absolute atomic E-state index is 12.3.